The minimum atomic E-state index is 0.646. The second-order valence-corrected chi connectivity index (χ2v) is 16.0. The molecule has 0 aliphatic heterocycles. The molecule has 0 saturated carbocycles. The molecule has 0 spiro atoms. The second kappa shape index (κ2) is 15.9. The van der Waals surface area contributed by atoms with Crippen LogP contribution in [0.2, 0.25) is 0 Å². The Kier molecular flexibility index (Phi) is 9.84. The van der Waals surface area contributed by atoms with Crippen molar-refractivity contribution in [2.24, 2.45) is 0 Å². The van der Waals surface area contributed by atoms with Gasteiger partial charge in [0.25, 0.3) is 0 Å². The van der Waals surface area contributed by atoms with Crippen LogP contribution in [0.5, 0.6) is 0 Å². The molecule has 2 aromatic heterocycles. The monoisotopic (exact) mass is 773 g/mol. The van der Waals surface area contributed by atoms with Crippen LogP contribution < -0.4 is 0 Å². The van der Waals surface area contributed by atoms with Gasteiger partial charge in [0.2, 0.25) is 0 Å². The van der Waals surface area contributed by atoms with E-state index >= 15 is 0 Å². The van der Waals surface area contributed by atoms with Crippen LogP contribution in [0.3, 0.4) is 0 Å². The summed E-state index contributed by atoms with van der Waals surface area (Å²) in [7, 11) is 0. The van der Waals surface area contributed by atoms with Crippen molar-refractivity contribution in [1.82, 2.24) is 9.13 Å². The number of hydrogen-bond donors (Lipinski definition) is 0. The van der Waals surface area contributed by atoms with Gasteiger partial charge in [0.15, 0.2) is 0 Å². The zero-order valence-corrected chi connectivity index (χ0v) is 34.3. The van der Waals surface area contributed by atoms with Crippen molar-refractivity contribution in [3.63, 3.8) is 0 Å². The number of rotatable bonds is 11. The Bertz CT molecular complexity index is 3100. The van der Waals surface area contributed by atoms with E-state index < -0.39 is 0 Å². The summed E-state index contributed by atoms with van der Waals surface area (Å²) < 4.78 is 4.93. The standard InChI is InChI=1S/C57H47N3/c1-3-5-20-39-32-34-51-46(36-39)47-37-40(21-6-4-2)33-35-52(47)60(51)57-54(42-24-12-8-13-25-42)48(38-58)53(41-22-10-7-11-23-41)56(55(57)43-26-14-9-15-27-43)59-49-30-18-16-28-44(49)45-29-17-19-31-50(45)59/h7-19,22-37H,3-6,20-21H2,1-2H3. The third kappa shape index (κ3) is 6.19. The van der Waals surface area contributed by atoms with Gasteiger partial charge in [-0.1, -0.05) is 166 Å². The van der Waals surface area contributed by atoms with Gasteiger partial charge in [-0.2, -0.15) is 5.26 Å². The van der Waals surface area contributed by atoms with Crippen molar-refractivity contribution in [2.75, 3.05) is 0 Å². The lowest BCUT2D eigenvalue weighted by atomic mass is 9.83. The van der Waals surface area contributed by atoms with E-state index in [-0.39, 0.29) is 0 Å². The number of fused-ring (bicyclic) bond motifs is 6. The fraction of sp³-hybridized carbons (Fsp3) is 0.140. The molecule has 0 saturated heterocycles. The number of benzene rings is 8. The van der Waals surface area contributed by atoms with Gasteiger partial charge in [-0.25, -0.2) is 0 Å². The Labute approximate surface area is 352 Å². The molecule has 8 aromatic carbocycles. The first-order chi connectivity index (χ1) is 29.7. The van der Waals surface area contributed by atoms with Gasteiger partial charge in [0.05, 0.1) is 39.0 Å². The number of aryl methyl sites for hydroxylation is 2. The summed E-state index contributed by atoms with van der Waals surface area (Å²) in [5, 5.41) is 16.7. The highest BCUT2D eigenvalue weighted by atomic mass is 15.0. The number of hydrogen-bond acceptors (Lipinski definition) is 1. The van der Waals surface area contributed by atoms with E-state index in [0.717, 1.165) is 105 Å². The van der Waals surface area contributed by atoms with Gasteiger partial charge < -0.3 is 9.13 Å². The van der Waals surface area contributed by atoms with Crippen LogP contribution in [0, 0.1) is 11.3 Å². The Morgan fingerprint density at radius 1 is 0.400 bits per heavy atom. The molecular weight excluding hydrogens is 727 g/mol. The van der Waals surface area contributed by atoms with Gasteiger partial charge in [-0.3, -0.25) is 0 Å². The summed E-state index contributed by atoms with van der Waals surface area (Å²) in [4.78, 5) is 0. The normalized spacial score (nSPS) is 11.6. The first-order valence-corrected chi connectivity index (χ1v) is 21.5. The van der Waals surface area contributed by atoms with E-state index in [1.165, 1.54) is 32.7 Å². The van der Waals surface area contributed by atoms with Crippen LogP contribution in [0.25, 0.3) is 88.4 Å². The van der Waals surface area contributed by atoms with Crippen molar-refractivity contribution < 1.29 is 0 Å². The maximum absolute atomic E-state index is 11.8. The molecule has 10 rings (SSSR count). The highest BCUT2D eigenvalue weighted by Crippen LogP contribution is 2.52. The van der Waals surface area contributed by atoms with Crippen molar-refractivity contribution in [2.45, 2.75) is 52.4 Å². The maximum atomic E-state index is 11.8. The van der Waals surface area contributed by atoms with Crippen molar-refractivity contribution in [1.29, 1.82) is 5.26 Å². The SMILES string of the molecule is CCCCc1ccc2c(c1)c1cc(CCCC)ccc1n2-c1c(-c2ccccc2)c(C#N)c(-c2ccccc2)c(-n2c3ccccc3c3ccccc32)c1-c1ccccc1. The van der Waals surface area contributed by atoms with E-state index in [1.807, 2.05) is 0 Å². The molecule has 0 unspecified atom stereocenters. The zero-order valence-electron chi connectivity index (χ0n) is 34.3. The molecule has 60 heavy (non-hydrogen) atoms. The van der Waals surface area contributed by atoms with Gasteiger partial charge in [0.1, 0.15) is 6.07 Å². The Morgan fingerprint density at radius 2 is 0.767 bits per heavy atom. The van der Waals surface area contributed by atoms with Gasteiger partial charge >= 0.3 is 0 Å². The zero-order chi connectivity index (χ0) is 40.6. The highest BCUT2D eigenvalue weighted by molar-refractivity contribution is 6.15. The Balaban J connectivity index is 1.49. The van der Waals surface area contributed by atoms with E-state index in [2.05, 4.69) is 205 Å². The first kappa shape index (κ1) is 37.1. The largest absolute Gasteiger partial charge is 0.308 e. The number of para-hydroxylation sites is 2. The Hall–Kier alpha value is -7.15. The van der Waals surface area contributed by atoms with Crippen LogP contribution in [-0.2, 0) is 12.8 Å². The van der Waals surface area contributed by atoms with Crippen LogP contribution >= 0.6 is 0 Å². The van der Waals surface area contributed by atoms with E-state index in [1.54, 1.807) is 0 Å². The maximum Gasteiger partial charge on any atom is 0.101 e. The average Bonchev–Trinajstić information content (AvgIpc) is 3.82. The molecule has 0 aliphatic rings. The Morgan fingerprint density at radius 3 is 1.17 bits per heavy atom. The molecule has 0 N–H and O–H groups in total. The second-order valence-electron chi connectivity index (χ2n) is 16.0. The van der Waals surface area contributed by atoms with Gasteiger partial charge in [-0.05, 0) is 89.9 Å². The van der Waals surface area contributed by atoms with E-state index in [0.29, 0.717) is 5.56 Å². The van der Waals surface area contributed by atoms with Crippen molar-refractivity contribution in [3.8, 4) is 50.8 Å². The molecule has 3 heteroatoms. The molecule has 0 amide bonds. The third-order valence-corrected chi connectivity index (χ3v) is 12.3. The minimum Gasteiger partial charge on any atom is -0.308 e. The summed E-state index contributed by atoms with van der Waals surface area (Å²) >= 11 is 0. The average molecular weight is 774 g/mol. The number of unbranched alkanes of at least 4 members (excludes halogenated alkanes) is 2. The summed E-state index contributed by atoms with van der Waals surface area (Å²) in [5.41, 5.74) is 15.8. The van der Waals surface area contributed by atoms with E-state index in [9.17, 15) is 5.26 Å². The smallest absolute Gasteiger partial charge is 0.101 e. The summed E-state index contributed by atoms with van der Waals surface area (Å²) in [6, 6.07) is 66.5. The molecule has 0 atom stereocenters. The molecule has 0 bridgehead atoms. The third-order valence-electron chi connectivity index (χ3n) is 12.3. The predicted octanol–water partition coefficient (Wildman–Crippen LogP) is 15.4. The van der Waals surface area contributed by atoms with E-state index in [4.69, 9.17) is 0 Å². The lowest BCUT2D eigenvalue weighted by Gasteiger charge is -2.28. The number of aromatic nitrogens is 2. The fourth-order valence-corrected chi connectivity index (χ4v) is 9.53. The highest BCUT2D eigenvalue weighted by Gasteiger charge is 2.32. The molecule has 2 heterocycles. The molecule has 0 aliphatic carbocycles. The van der Waals surface area contributed by atoms with Crippen LogP contribution in [0.1, 0.15) is 56.2 Å². The molecule has 10 aromatic rings. The first-order valence-electron chi connectivity index (χ1n) is 21.5. The van der Waals surface area contributed by atoms with Crippen LogP contribution in [-0.4, -0.2) is 9.13 Å². The molecule has 290 valence electrons. The van der Waals surface area contributed by atoms with Crippen LogP contribution in [0.15, 0.2) is 176 Å². The molecule has 0 fully saturated rings. The predicted molar refractivity (Wildman–Crippen MR) is 253 cm³/mol. The topological polar surface area (TPSA) is 33.6 Å². The minimum absolute atomic E-state index is 0.646. The van der Waals surface area contributed by atoms with Crippen molar-refractivity contribution >= 4 is 43.6 Å². The summed E-state index contributed by atoms with van der Waals surface area (Å²) in [6.45, 7) is 4.53. The van der Waals surface area contributed by atoms with Gasteiger partial charge in [-0.15, -0.1) is 0 Å². The summed E-state index contributed by atoms with van der Waals surface area (Å²) in [5.74, 6) is 0. The number of nitrogens with zero attached hydrogens (tertiary/aromatic N) is 3. The lowest BCUT2D eigenvalue weighted by molar-refractivity contribution is 0.795. The van der Waals surface area contributed by atoms with Gasteiger partial charge in [0, 0.05) is 38.2 Å². The lowest BCUT2D eigenvalue weighted by Crippen LogP contribution is -2.10. The number of nitriles is 1. The van der Waals surface area contributed by atoms with Crippen LogP contribution in [0.4, 0.5) is 0 Å². The molecule has 3 nitrogen and oxygen atoms in total. The summed E-state index contributed by atoms with van der Waals surface area (Å²) in [6.07, 6.45) is 6.69. The molecular formula is C57H47N3. The quantitative estimate of drug-likeness (QED) is 0.129. The fourth-order valence-electron chi connectivity index (χ4n) is 9.53. The van der Waals surface area contributed by atoms with Crippen molar-refractivity contribution in [3.05, 3.63) is 193 Å². The molecule has 0 radical (unpaired) electrons.